The van der Waals surface area contributed by atoms with Crippen LogP contribution >= 0.6 is 27.5 Å². The number of anilines is 1. The normalized spacial score (nSPS) is 10.9. The number of halogens is 2. The lowest BCUT2D eigenvalue weighted by Gasteiger charge is -2.21. The molecule has 3 N–H and O–H groups in total. The van der Waals surface area contributed by atoms with Crippen LogP contribution in [0.5, 0.6) is 0 Å². The molecule has 0 aromatic heterocycles. The Morgan fingerprint density at radius 1 is 1.39 bits per heavy atom. The SMILES string of the molecule is CC(C)(NC(=O)Nc1cc(Br)ccc1Cl)C(=O)O. The zero-order valence-electron chi connectivity index (χ0n) is 9.75. The minimum atomic E-state index is -1.36. The van der Waals surface area contributed by atoms with Crippen molar-refractivity contribution in [2.45, 2.75) is 19.4 Å². The van der Waals surface area contributed by atoms with Gasteiger partial charge < -0.3 is 15.7 Å². The van der Waals surface area contributed by atoms with Crippen molar-refractivity contribution in [3.63, 3.8) is 0 Å². The van der Waals surface area contributed by atoms with Gasteiger partial charge in [-0.25, -0.2) is 9.59 Å². The van der Waals surface area contributed by atoms with E-state index in [1.165, 1.54) is 13.8 Å². The van der Waals surface area contributed by atoms with Crippen molar-refractivity contribution >= 4 is 45.2 Å². The molecule has 0 unspecified atom stereocenters. The summed E-state index contributed by atoms with van der Waals surface area (Å²) in [6.45, 7) is 2.77. The summed E-state index contributed by atoms with van der Waals surface area (Å²) in [6, 6.07) is 4.33. The zero-order chi connectivity index (χ0) is 13.9. The fourth-order valence-electron chi connectivity index (χ4n) is 1.08. The maximum Gasteiger partial charge on any atom is 0.328 e. The highest BCUT2D eigenvalue weighted by Gasteiger charge is 2.29. The molecule has 2 amide bonds. The van der Waals surface area contributed by atoms with Crippen molar-refractivity contribution in [3.8, 4) is 0 Å². The number of aliphatic carboxylic acids is 1. The van der Waals surface area contributed by atoms with E-state index in [1.54, 1.807) is 18.2 Å². The number of benzene rings is 1. The Morgan fingerprint density at radius 2 is 2.00 bits per heavy atom. The Bertz CT molecular complexity index is 491. The van der Waals surface area contributed by atoms with Crippen molar-refractivity contribution in [2.75, 3.05) is 5.32 Å². The number of hydrogen-bond acceptors (Lipinski definition) is 2. The lowest BCUT2D eigenvalue weighted by Crippen LogP contribution is -2.51. The lowest BCUT2D eigenvalue weighted by molar-refractivity contribution is -0.142. The van der Waals surface area contributed by atoms with E-state index in [4.69, 9.17) is 16.7 Å². The average Bonchev–Trinajstić information content (AvgIpc) is 2.22. The third-order valence-corrected chi connectivity index (χ3v) is 2.96. The van der Waals surface area contributed by atoms with E-state index in [0.717, 1.165) is 4.47 Å². The number of amides is 2. The Labute approximate surface area is 118 Å². The number of carboxylic acids is 1. The van der Waals surface area contributed by atoms with Gasteiger partial charge >= 0.3 is 12.0 Å². The van der Waals surface area contributed by atoms with E-state index in [0.29, 0.717) is 10.7 Å². The van der Waals surface area contributed by atoms with Gasteiger partial charge in [-0.05, 0) is 32.0 Å². The average molecular weight is 336 g/mol. The minimum absolute atomic E-state index is 0.362. The molecular weight excluding hydrogens is 323 g/mol. The van der Waals surface area contributed by atoms with E-state index in [1.807, 2.05) is 0 Å². The molecule has 98 valence electrons. The van der Waals surface area contributed by atoms with Crippen LogP contribution in [0.2, 0.25) is 5.02 Å². The Hall–Kier alpha value is -1.27. The summed E-state index contributed by atoms with van der Waals surface area (Å²) in [5.41, 5.74) is -0.965. The Morgan fingerprint density at radius 3 is 2.56 bits per heavy atom. The van der Waals surface area contributed by atoms with Gasteiger partial charge in [0, 0.05) is 4.47 Å². The summed E-state index contributed by atoms with van der Waals surface area (Å²) < 4.78 is 0.750. The van der Waals surface area contributed by atoms with Gasteiger partial charge in [-0.1, -0.05) is 27.5 Å². The molecule has 1 rings (SSSR count). The van der Waals surface area contributed by atoms with Gasteiger partial charge in [-0.15, -0.1) is 0 Å². The van der Waals surface area contributed by atoms with Gasteiger partial charge in [0.2, 0.25) is 0 Å². The zero-order valence-corrected chi connectivity index (χ0v) is 12.1. The highest BCUT2D eigenvalue weighted by Crippen LogP contribution is 2.25. The lowest BCUT2D eigenvalue weighted by atomic mass is 10.1. The standard InChI is InChI=1S/C11H12BrClN2O3/c1-11(2,9(16)17)15-10(18)14-8-5-6(12)3-4-7(8)13/h3-5H,1-2H3,(H,16,17)(H2,14,15,18). The van der Waals surface area contributed by atoms with Gasteiger partial charge in [0.05, 0.1) is 10.7 Å². The highest BCUT2D eigenvalue weighted by atomic mass is 79.9. The van der Waals surface area contributed by atoms with Gasteiger partial charge in [0.25, 0.3) is 0 Å². The Balaban J connectivity index is 2.77. The van der Waals surface area contributed by atoms with Crippen LogP contribution in [0.3, 0.4) is 0 Å². The van der Waals surface area contributed by atoms with E-state index >= 15 is 0 Å². The molecular formula is C11H12BrClN2O3. The van der Waals surface area contributed by atoms with Crippen LogP contribution < -0.4 is 10.6 Å². The number of carboxylic acid groups (broad SMARTS) is 1. The smallest absolute Gasteiger partial charge is 0.328 e. The molecule has 0 atom stereocenters. The second-order valence-electron chi connectivity index (χ2n) is 4.13. The van der Waals surface area contributed by atoms with Crippen LogP contribution in [-0.4, -0.2) is 22.6 Å². The van der Waals surface area contributed by atoms with Crippen molar-refractivity contribution in [1.82, 2.24) is 5.32 Å². The highest BCUT2D eigenvalue weighted by molar-refractivity contribution is 9.10. The molecule has 0 saturated carbocycles. The molecule has 1 aromatic rings. The van der Waals surface area contributed by atoms with Crippen molar-refractivity contribution < 1.29 is 14.7 Å². The summed E-state index contributed by atoms with van der Waals surface area (Å²) in [5.74, 6) is -1.13. The molecule has 0 fully saturated rings. The molecule has 0 saturated heterocycles. The number of carbonyl (C=O) groups excluding carboxylic acids is 1. The second-order valence-corrected chi connectivity index (χ2v) is 5.46. The van der Waals surface area contributed by atoms with E-state index in [2.05, 4.69) is 26.6 Å². The number of nitrogens with one attached hydrogen (secondary N) is 2. The summed E-state index contributed by atoms with van der Waals surface area (Å²) in [5, 5.41) is 14.1. The van der Waals surface area contributed by atoms with Gasteiger partial charge in [0.1, 0.15) is 5.54 Å². The fraction of sp³-hybridized carbons (Fsp3) is 0.273. The molecule has 0 radical (unpaired) electrons. The first-order valence-corrected chi connectivity index (χ1v) is 6.17. The molecule has 5 nitrogen and oxygen atoms in total. The van der Waals surface area contributed by atoms with Crippen LogP contribution in [0.15, 0.2) is 22.7 Å². The summed E-state index contributed by atoms with van der Waals surface area (Å²) in [6.07, 6.45) is 0. The third kappa shape index (κ3) is 3.89. The van der Waals surface area contributed by atoms with Gasteiger partial charge in [0.15, 0.2) is 0 Å². The van der Waals surface area contributed by atoms with Crippen LogP contribution in [-0.2, 0) is 4.79 Å². The first-order valence-electron chi connectivity index (χ1n) is 5.00. The minimum Gasteiger partial charge on any atom is -0.480 e. The largest absolute Gasteiger partial charge is 0.480 e. The van der Waals surface area contributed by atoms with Crippen LogP contribution in [0.25, 0.3) is 0 Å². The van der Waals surface area contributed by atoms with Crippen molar-refractivity contribution in [2.24, 2.45) is 0 Å². The topological polar surface area (TPSA) is 78.4 Å². The molecule has 7 heteroatoms. The van der Waals surface area contributed by atoms with E-state index in [9.17, 15) is 9.59 Å². The van der Waals surface area contributed by atoms with Crippen LogP contribution in [0, 0.1) is 0 Å². The third-order valence-electron chi connectivity index (χ3n) is 2.14. The van der Waals surface area contributed by atoms with Crippen molar-refractivity contribution in [1.29, 1.82) is 0 Å². The molecule has 0 aliphatic heterocycles. The summed E-state index contributed by atoms with van der Waals surface area (Å²) >= 11 is 9.14. The van der Waals surface area contributed by atoms with Gasteiger partial charge in [-0.2, -0.15) is 0 Å². The summed E-state index contributed by atoms with van der Waals surface area (Å²) in [7, 11) is 0. The maximum absolute atomic E-state index is 11.6. The fourth-order valence-corrected chi connectivity index (χ4v) is 1.61. The second kappa shape index (κ2) is 5.58. The molecule has 0 heterocycles. The van der Waals surface area contributed by atoms with E-state index < -0.39 is 17.5 Å². The number of urea groups is 1. The monoisotopic (exact) mass is 334 g/mol. The van der Waals surface area contributed by atoms with Crippen LogP contribution in [0.4, 0.5) is 10.5 Å². The van der Waals surface area contributed by atoms with Gasteiger partial charge in [-0.3, -0.25) is 0 Å². The molecule has 1 aromatic carbocycles. The van der Waals surface area contributed by atoms with Crippen molar-refractivity contribution in [3.05, 3.63) is 27.7 Å². The number of carbonyl (C=O) groups is 2. The first-order chi connectivity index (χ1) is 8.22. The summed E-state index contributed by atoms with van der Waals surface area (Å²) in [4.78, 5) is 22.5. The first kappa shape index (κ1) is 14.8. The Kier molecular flexibility index (Phi) is 4.59. The molecule has 0 aliphatic rings. The molecule has 0 aliphatic carbocycles. The predicted molar refractivity (Wildman–Crippen MR) is 73.0 cm³/mol. The molecule has 0 bridgehead atoms. The quantitative estimate of drug-likeness (QED) is 0.794. The molecule has 0 spiro atoms. The predicted octanol–water partition coefficient (Wildman–Crippen LogP) is 3.09. The maximum atomic E-state index is 11.6. The number of hydrogen-bond donors (Lipinski definition) is 3. The van der Waals surface area contributed by atoms with Crippen LogP contribution in [0.1, 0.15) is 13.8 Å². The molecule has 18 heavy (non-hydrogen) atoms. The number of rotatable bonds is 3. The van der Waals surface area contributed by atoms with E-state index in [-0.39, 0.29) is 0 Å².